The predicted octanol–water partition coefficient (Wildman–Crippen LogP) is 3.95. The van der Waals surface area contributed by atoms with Crippen LogP contribution in [0.25, 0.3) is 0 Å². The van der Waals surface area contributed by atoms with Crippen LogP contribution in [0.15, 0.2) is 54.6 Å². The molecule has 0 saturated carbocycles. The number of halogens is 1. The number of hydrogen-bond acceptors (Lipinski definition) is 2. The molecule has 2 aromatic rings. The van der Waals surface area contributed by atoms with Crippen LogP contribution in [0.1, 0.15) is 24.0 Å². The second kappa shape index (κ2) is 8.86. The summed E-state index contributed by atoms with van der Waals surface area (Å²) < 4.78 is 0. The standard InChI is InChI=1S/C20H24N2O.ClH/c1-16-7-9-19(10-8-16)22(15-17-5-3-2-4-6-17)20(23)18-11-13-21-14-12-18;/h2-10,18,21H,11-15H2,1H3;1H. The number of amides is 1. The van der Waals surface area contributed by atoms with Gasteiger partial charge in [-0.05, 0) is 50.6 Å². The fourth-order valence-electron chi connectivity index (χ4n) is 3.08. The van der Waals surface area contributed by atoms with Crippen LogP contribution in [-0.2, 0) is 11.3 Å². The van der Waals surface area contributed by atoms with Crippen LogP contribution in [0.2, 0.25) is 0 Å². The zero-order valence-electron chi connectivity index (χ0n) is 14.1. The molecule has 0 aromatic heterocycles. The van der Waals surface area contributed by atoms with Gasteiger partial charge in [0.15, 0.2) is 0 Å². The van der Waals surface area contributed by atoms with Gasteiger partial charge in [0, 0.05) is 11.6 Å². The molecular formula is C20H25ClN2O. The van der Waals surface area contributed by atoms with Crippen molar-refractivity contribution < 1.29 is 4.79 Å². The van der Waals surface area contributed by atoms with Gasteiger partial charge < -0.3 is 10.2 Å². The van der Waals surface area contributed by atoms with Crippen LogP contribution in [0.5, 0.6) is 0 Å². The van der Waals surface area contributed by atoms with Gasteiger partial charge in [-0.3, -0.25) is 4.79 Å². The van der Waals surface area contributed by atoms with Gasteiger partial charge in [0.25, 0.3) is 0 Å². The maximum atomic E-state index is 13.1. The van der Waals surface area contributed by atoms with Gasteiger partial charge in [0.1, 0.15) is 0 Å². The molecule has 0 spiro atoms. The highest BCUT2D eigenvalue weighted by atomic mass is 35.5. The highest BCUT2D eigenvalue weighted by molar-refractivity contribution is 5.95. The fourth-order valence-corrected chi connectivity index (χ4v) is 3.08. The number of rotatable bonds is 4. The lowest BCUT2D eigenvalue weighted by molar-refractivity contribution is -0.123. The Morgan fingerprint density at radius 2 is 1.67 bits per heavy atom. The number of hydrogen-bond donors (Lipinski definition) is 1. The van der Waals surface area contributed by atoms with E-state index in [0.29, 0.717) is 6.54 Å². The number of nitrogens with one attached hydrogen (secondary N) is 1. The van der Waals surface area contributed by atoms with Gasteiger partial charge in [-0.15, -0.1) is 12.4 Å². The first kappa shape index (κ1) is 18.5. The van der Waals surface area contributed by atoms with Crippen LogP contribution in [0.3, 0.4) is 0 Å². The number of carbonyl (C=O) groups excluding carboxylic acids is 1. The highest BCUT2D eigenvalue weighted by Gasteiger charge is 2.26. The molecule has 1 fully saturated rings. The molecule has 0 bridgehead atoms. The summed E-state index contributed by atoms with van der Waals surface area (Å²) in [6, 6.07) is 18.5. The summed E-state index contributed by atoms with van der Waals surface area (Å²) in [5, 5.41) is 3.33. The van der Waals surface area contributed by atoms with Gasteiger partial charge in [-0.2, -0.15) is 0 Å². The largest absolute Gasteiger partial charge is 0.317 e. The second-order valence-corrected chi connectivity index (χ2v) is 6.27. The number of benzene rings is 2. The van der Waals surface area contributed by atoms with Gasteiger partial charge >= 0.3 is 0 Å². The predicted molar refractivity (Wildman–Crippen MR) is 102 cm³/mol. The van der Waals surface area contributed by atoms with Crippen molar-refractivity contribution in [2.24, 2.45) is 5.92 Å². The van der Waals surface area contributed by atoms with Crippen molar-refractivity contribution in [3.05, 3.63) is 65.7 Å². The Bertz CT molecular complexity index is 636. The summed E-state index contributed by atoms with van der Waals surface area (Å²) in [6.45, 7) is 4.57. The molecule has 4 heteroatoms. The zero-order chi connectivity index (χ0) is 16.1. The molecule has 128 valence electrons. The van der Waals surface area contributed by atoms with E-state index in [1.807, 2.05) is 23.1 Å². The van der Waals surface area contributed by atoms with Crippen molar-refractivity contribution in [1.29, 1.82) is 0 Å². The summed E-state index contributed by atoms with van der Waals surface area (Å²) >= 11 is 0. The molecule has 0 aliphatic carbocycles. The van der Waals surface area contributed by atoms with E-state index in [9.17, 15) is 4.79 Å². The lowest BCUT2D eigenvalue weighted by atomic mass is 9.96. The van der Waals surface area contributed by atoms with Gasteiger partial charge in [-0.25, -0.2) is 0 Å². The summed E-state index contributed by atoms with van der Waals surface area (Å²) in [5.41, 5.74) is 3.36. The van der Waals surface area contributed by atoms with Gasteiger partial charge in [-0.1, -0.05) is 48.0 Å². The maximum absolute atomic E-state index is 13.1. The van der Waals surface area contributed by atoms with E-state index in [2.05, 4.69) is 48.6 Å². The van der Waals surface area contributed by atoms with Crippen molar-refractivity contribution in [2.75, 3.05) is 18.0 Å². The number of piperidine rings is 1. The Kier molecular flexibility index (Phi) is 6.83. The monoisotopic (exact) mass is 344 g/mol. The number of carbonyl (C=O) groups is 1. The molecule has 0 radical (unpaired) electrons. The van der Waals surface area contributed by atoms with E-state index < -0.39 is 0 Å². The minimum Gasteiger partial charge on any atom is -0.317 e. The van der Waals surface area contributed by atoms with E-state index in [1.165, 1.54) is 5.56 Å². The van der Waals surface area contributed by atoms with Crippen LogP contribution >= 0.6 is 12.4 Å². The minimum absolute atomic E-state index is 0. The molecule has 1 amide bonds. The maximum Gasteiger partial charge on any atom is 0.230 e. The van der Waals surface area contributed by atoms with Crippen molar-refractivity contribution in [3.8, 4) is 0 Å². The van der Waals surface area contributed by atoms with E-state index >= 15 is 0 Å². The van der Waals surface area contributed by atoms with Crippen LogP contribution in [0.4, 0.5) is 5.69 Å². The summed E-state index contributed by atoms with van der Waals surface area (Å²) in [4.78, 5) is 15.0. The van der Waals surface area contributed by atoms with E-state index in [4.69, 9.17) is 0 Å². The van der Waals surface area contributed by atoms with Crippen LogP contribution in [0, 0.1) is 12.8 Å². The molecule has 1 heterocycles. The third kappa shape index (κ3) is 4.59. The third-order valence-corrected chi connectivity index (χ3v) is 4.48. The van der Waals surface area contributed by atoms with Crippen molar-refractivity contribution in [1.82, 2.24) is 5.32 Å². The van der Waals surface area contributed by atoms with E-state index in [1.54, 1.807) is 0 Å². The average molecular weight is 345 g/mol. The van der Waals surface area contributed by atoms with E-state index in [0.717, 1.165) is 37.2 Å². The topological polar surface area (TPSA) is 32.3 Å². The first-order valence-corrected chi connectivity index (χ1v) is 8.37. The lowest BCUT2D eigenvalue weighted by Crippen LogP contribution is -2.40. The Balaban J connectivity index is 0.00000208. The molecule has 3 nitrogen and oxygen atoms in total. The fraction of sp³-hybridized carbons (Fsp3) is 0.350. The number of aryl methyl sites for hydroxylation is 1. The zero-order valence-corrected chi connectivity index (χ0v) is 14.9. The van der Waals surface area contributed by atoms with Gasteiger partial charge in [0.2, 0.25) is 5.91 Å². The SMILES string of the molecule is Cc1ccc(N(Cc2ccccc2)C(=O)C2CCNCC2)cc1.Cl. The van der Waals surface area contributed by atoms with Gasteiger partial charge in [0.05, 0.1) is 6.54 Å². The normalized spacial score (nSPS) is 14.7. The van der Waals surface area contributed by atoms with Crippen molar-refractivity contribution >= 4 is 24.0 Å². The van der Waals surface area contributed by atoms with Crippen molar-refractivity contribution in [2.45, 2.75) is 26.3 Å². The molecule has 1 aliphatic heterocycles. The lowest BCUT2D eigenvalue weighted by Gasteiger charge is -2.30. The molecule has 2 aromatic carbocycles. The Hall–Kier alpha value is -1.84. The molecular weight excluding hydrogens is 320 g/mol. The molecule has 0 unspecified atom stereocenters. The highest BCUT2D eigenvalue weighted by Crippen LogP contribution is 2.24. The molecule has 24 heavy (non-hydrogen) atoms. The summed E-state index contributed by atoms with van der Waals surface area (Å²) in [5.74, 6) is 0.375. The molecule has 3 rings (SSSR count). The minimum atomic E-state index is 0. The van der Waals surface area contributed by atoms with Crippen molar-refractivity contribution in [3.63, 3.8) is 0 Å². The summed E-state index contributed by atoms with van der Waals surface area (Å²) in [6.07, 6.45) is 1.85. The summed E-state index contributed by atoms with van der Waals surface area (Å²) in [7, 11) is 0. The Labute approximate surface area is 150 Å². The molecule has 0 atom stereocenters. The second-order valence-electron chi connectivity index (χ2n) is 6.27. The smallest absolute Gasteiger partial charge is 0.230 e. The van der Waals surface area contributed by atoms with Crippen LogP contribution in [-0.4, -0.2) is 19.0 Å². The Morgan fingerprint density at radius 1 is 1.04 bits per heavy atom. The quantitative estimate of drug-likeness (QED) is 0.910. The number of nitrogens with zero attached hydrogens (tertiary/aromatic N) is 1. The first-order valence-electron chi connectivity index (χ1n) is 8.37. The molecule has 1 saturated heterocycles. The Morgan fingerprint density at radius 3 is 2.29 bits per heavy atom. The van der Waals surface area contributed by atoms with Crippen LogP contribution < -0.4 is 10.2 Å². The first-order chi connectivity index (χ1) is 11.2. The average Bonchev–Trinajstić information content (AvgIpc) is 2.62. The number of anilines is 1. The van der Waals surface area contributed by atoms with E-state index in [-0.39, 0.29) is 24.2 Å². The molecule has 1 N–H and O–H groups in total. The third-order valence-electron chi connectivity index (χ3n) is 4.48. The molecule has 1 aliphatic rings.